The van der Waals surface area contributed by atoms with Crippen LogP contribution in [0.4, 0.5) is 19.0 Å². The maximum atomic E-state index is 12.8. The zero-order chi connectivity index (χ0) is 22.3. The summed E-state index contributed by atoms with van der Waals surface area (Å²) in [4.78, 5) is 21.4. The van der Waals surface area contributed by atoms with Gasteiger partial charge in [0.25, 0.3) is 0 Å². The number of hydrogen-bond acceptors (Lipinski definition) is 6. The molecule has 4 atom stereocenters. The van der Waals surface area contributed by atoms with E-state index in [1.54, 1.807) is 12.2 Å². The Morgan fingerprint density at radius 3 is 2.58 bits per heavy atom. The topological polar surface area (TPSA) is 112 Å². The van der Waals surface area contributed by atoms with Crippen LogP contribution in [0, 0.1) is 11.8 Å². The Morgan fingerprint density at radius 2 is 1.97 bits per heavy atom. The maximum Gasteiger partial charge on any atom is 0.434 e. The van der Waals surface area contributed by atoms with Gasteiger partial charge >= 0.3 is 6.18 Å². The van der Waals surface area contributed by atoms with Crippen LogP contribution in [0.3, 0.4) is 0 Å². The first-order valence-electron chi connectivity index (χ1n) is 9.86. The Hall–Kier alpha value is -3.24. The summed E-state index contributed by atoms with van der Waals surface area (Å²) in [6.07, 6.45) is 9.76. The molecule has 164 valence electrons. The highest BCUT2D eigenvalue weighted by atomic mass is 19.4. The summed E-state index contributed by atoms with van der Waals surface area (Å²) >= 11 is 0. The lowest BCUT2D eigenvalue weighted by molar-refractivity contribution is -0.141. The summed E-state index contributed by atoms with van der Waals surface area (Å²) in [5, 5.41) is 11.9. The molecule has 11 heteroatoms. The first-order chi connectivity index (χ1) is 14.7. The number of rotatable bonds is 5. The number of carbonyl (C=O) groups is 1. The smallest absolute Gasteiger partial charge is 0.369 e. The summed E-state index contributed by atoms with van der Waals surface area (Å²) in [7, 11) is 0. The molecule has 1 amide bonds. The molecule has 2 aromatic rings. The van der Waals surface area contributed by atoms with Crippen molar-refractivity contribution in [3.8, 4) is 0 Å². The average Bonchev–Trinajstić information content (AvgIpc) is 3.38. The number of hydrogen-bond donors (Lipinski definition) is 2. The zero-order valence-electron chi connectivity index (χ0n) is 16.8. The molecule has 0 aromatic carbocycles. The Labute approximate surface area is 176 Å². The number of anilines is 1. The third-order valence-electron chi connectivity index (χ3n) is 6.22. The van der Waals surface area contributed by atoms with Crippen LogP contribution >= 0.6 is 0 Å². The Morgan fingerprint density at radius 1 is 1.23 bits per heavy atom. The molecule has 0 aliphatic heterocycles. The van der Waals surface area contributed by atoms with Crippen LogP contribution in [-0.2, 0) is 16.5 Å². The van der Waals surface area contributed by atoms with Crippen LogP contribution in [-0.4, -0.2) is 36.4 Å². The van der Waals surface area contributed by atoms with Gasteiger partial charge in [0.05, 0.1) is 30.7 Å². The largest absolute Gasteiger partial charge is 0.434 e. The van der Waals surface area contributed by atoms with Gasteiger partial charge < -0.3 is 11.1 Å². The summed E-state index contributed by atoms with van der Waals surface area (Å²) < 4.78 is 38.5. The molecule has 0 spiro atoms. The summed E-state index contributed by atoms with van der Waals surface area (Å²) in [5.74, 6) is -1.21. The molecule has 2 heterocycles. The van der Waals surface area contributed by atoms with Gasteiger partial charge in [-0.25, -0.2) is 9.97 Å². The van der Waals surface area contributed by atoms with Crippen molar-refractivity contribution >= 4 is 11.7 Å². The molecule has 0 radical (unpaired) electrons. The number of primary amides is 1. The van der Waals surface area contributed by atoms with E-state index in [0.29, 0.717) is 12.6 Å². The summed E-state index contributed by atoms with van der Waals surface area (Å²) in [6.45, 7) is 1.96. The molecule has 2 aliphatic carbocycles. The number of amides is 1. The van der Waals surface area contributed by atoms with Gasteiger partial charge in [0.2, 0.25) is 5.91 Å². The van der Waals surface area contributed by atoms with Gasteiger partial charge in [-0.15, -0.1) is 0 Å². The SMILES string of the molecule is CC1(Nc2cnc(C(F)(F)F)cn2)CCCC1C1(n2nccn2)C=CC=CC1C(N)=O. The molecule has 0 bridgehead atoms. The van der Waals surface area contributed by atoms with Crippen LogP contribution < -0.4 is 11.1 Å². The Kier molecular flexibility index (Phi) is 5.06. The van der Waals surface area contributed by atoms with E-state index >= 15 is 0 Å². The first kappa shape index (κ1) is 21.0. The summed E-state index contributed by atoms with van der Waals surface area (Å²) in [6, 6.07) is 0. The van der Waals surface area contributed by atoms with Gasteiger partial charge in [-0.3, -0.25) is 4.79 Å². The monoisotopic (exact) mass is 433 g/mol. The second kappa shape index (κ2) is 7.47. The number of aromatic nitrogens is 5. The van der Waals surface area contributed by atoms with Gasteiger partial charge in [-0.05, 0) is 19.8 Å². The number of nitrogens with zero attached hydrogens (tertiary/aromatic N) is 5. The third kappa shape index (κ3) is 3.57. The lowest BCUT2D eigenvalue weighted by atomic mass is 9.65. The van der Waals surface area contributed by atoms with Crippen molar-refractivity contribution in [3.63, 3.8) is 0 Å². The summed E-state index contributed by atoms with van der Waals surface area (Å²) in [5.41, 5.74) is 3.11. The molecule has 2 aromatic heterocycles. The highest BCUT2D eigenvalue weighted by Crippen LogP contribution is 2.51. The molecule has 2 aliphatic rings. The van der Waals surface area contributed by atoms with Crippen molar-refractivity contribution in [2.45, 2.75) is 43.4 Å². The number of carbonyl (C=O) groups excluding carboxylic acids is 1. The Balaban J connectivity index is 1.73. The molecular formula is C20H22F3N7O. The maximum absolute atomic E-state index is 12.8. The van der Waals surface area contributed by atoms with Crippen molar-refractivity contribution in [2.75, 3.05) is 5.32 Å². The molecule has 4 unspecified atom stereocenters. The number of nitrogens with one attached hydrogen (secondary N) is 1. The predicted octanol–water partition coefficient (Wildman–Crippen LogP) is 2.68. The van der Waals surface area contributed by atoms with E-state index in [0.717, 1.165) is 19.0 Å². The minimum atomic E-state index is -4.56. The van der Waals surface area contributed by atoms with Gasteiger partial charge in [0.1, 0.15) is 11.4 Å². The second-order valence-electron chi connectivity index (χ2n) is 8.10. The fourth-order valence-electron chi connectivity index (χ4n) is 4.93. The van der Waals surface area contributed by atoms with Crippen molar-refractivity contribution in [1.82, 2.24) is 25.0 Å². The molecule has 4 rings (SSSR count). The van der Waals surface area contributed by atoms with E-state index in [4.69, 9.17) is 5.73 Å². The Bertz CT molecular complexity index is 1000. The quantitative estimate of drug-likeness (QED) is 0.750. The third-order valence-corrected chi connectivity index (χ3v) is 6.22. The van der Waals surface area contributed by atoms with Crippen molar-refractivity contribution < 1.29 is 18.0 Å². The van der Waals surface area contributed by atoms with Crippen molar-refractivity contribution in [2.24, 2.45) is 17.6 Å². The van der Waals surface area contributed by atoms with Crippen LogP contribution in [0.5, 0.6) is 0 Å². The minimum absolute atomic E-state index is 0.213. The van der Waals surface area contributed by atoms with Gasteiger partial charge in [0.15, 0.2) is 5.69 Å². The lowest BCUT2D eigenvalue weighted by Crippen LogP contribution is -2.58. The van der Waals surface area contributed by atoms with Crippen molar-refractivity contribution in [1.29, 1.82) is 0 Å². The van der Waals surface area contributed by atoms with Crippen LogP contribution in [0.2, 0.25) is 0 Å². The molecular weight excluding hydrogens is 411 g/mol. The highest BCUT2D eigenvalue weighted by molar-refractivity contribution is 5.81. The number of halogens is 3. The number of allylic oxidation sites excluding steroid dienone is 3. The van der Waals surface area contributed by atoms with Crippen LogP contribution in [0.25, 0.3) is 0 Å². The van der Waals surface area contributed by atoms with Gasteiger partial charge in [0, 0.05) is 11.5 Å². The molecule has 1 fully saturated rings. The van der Waals surface area contributed by atoms with E-state index in [1.165, 1.54) is 17.2 Å². The fraction of sp³-hybridized carbons (Fsp3) is 0.450. The number of nitrogens with two attached hydrogens (primary N) is 1. The van der Waals surface area contributed by atoms with Crippen LogP contribution in [0.15, 0.2) is 49.1 Å². The van der Waals surface area contributed by atoms with E-state index in [9.17, 15) is 18.0 Å². The van der Waals surface area contributed by atoms with Crippen molar-refractivity contribution in [3.05, 3.63) is 54.8 Å². The standard InChI is InChI=1S/C20H22F3N7O/c1-18(29-16-12-25-15(11-26-16)20(21,22)23)7-4-6-14(18)19(30-27-9-10-28-30)8-3-2-5-13(19)17(24)31/h2-3,5,8-14H,4,6-7H2,1H3,(H2,24,31)(H,26,29). The average molecular weight is 433 g/mol. The van der Waals surface area contributed by atoms with E-state index in [-0.39, 0.29) is 11.7 Å². The molecule has 1 saturated carbocycles. The van der Waals surface area contributed by atoms with E-state index < -0.39 is 34.8 Å². The van der Waals surface area contributed by atoms with Crippen LogP contribution in [0.1, 0.15) is 31.9 Å². The van der Waals surface area contributed by atoms with E-state index in [1.807, 2.05) is 19.1 Å². The molecule has 31 heavy (non-hydrogen) atoms. The predicted molar refractivity (Wildman–Crippen MR) is 105 cm³/mol. The number of alkyl halides is 3. The van der Waals surface area contributed by atoms with Gasteiger partial charge in [-0.1, -0.05) is 30.7 Å². The normalized spacial score (nSPS) is 30.5. The van der Waals surface area contributed by atoms with E-state index in [2.05, 4.69) is 25.5 Å². The fourth-order valence-corrected chi connectivity index (χ4v) is 4.93. The lowest BCUT2D eigenvalue weighted by Gasteiger charge is -2.47. The molecule has 3 N–H and O–H groups in total. The minimum Gasteiger partial charge on any atom is -0.369 e. The second-order valence-corrected chi connectivity index (χ2v) is 8.10. The zero-order valence-corrected chi connectivity index (χ0v) is 16.8. The molecule has 8 nitrogen and oxygen atoms in total. The first-order valence-corrected chi connectivity index (χ1v) is 9.86. The van der Waals surface area contributed by atoms with Gasteiger partial charge in [-0.2, -0.15) is 28.2 Å². The molecule has 0 saturated heterocycles. The highest BCUT2D eigenvalue weighted by Gasteiger charge is 2.57.